The fourth-order valence-corrected chi connectivity index (χ4v) is 3.85. The lowest BCUT2D eigenvalue weighted by molar-refractivity contribution is 0.0897. The number of fused-ring (bicyclic) bond motifs is 1. The van der Waals surface area contributed by atoms with Gasteiger partial charge in [0.15, 0.2) is 0 Å². The zero-order chi connectivity index (χ0) is 15.2. The fraction of sp³-hybridized carbons (Fsp3) is 0.529. The van der Waals surface area contributed by atoms with E-state index >= 15 is 0 Å². The molecule has 0 amide bonds. The summed E-state index contributed by atoms with van der Waals surface area (Å²) < 4.78 is 21.0. The number of hydrogen-bond donors (Lipinski definition) is 1. The van der Waals surface area contributed by atoms with E-state index in [0.717, 1.165) is 28.8 Å². The largest absolute Gasteiger partial charge is 0.376 e. The van der Waals surface area contributed by atoms with E-state index in [1.54, 1.807) is 17.4 Å². The van der Waals surface area contributed by atoms with E-state index in [2.05, 4.69) is 19.2 Å². The van der Waals surface area contributed by atoms with Gasteiger partial charge in [-0.2, -0.15) is 0 Å². The van der Waals surface area contributed by atoms with Crippen molar-refractivity contribution >= 4 is 21.4 Å². The van der Waals surface area contributed by atoms with Crippen LogP contribution in [0.2, 0.25) is 0 Å². The number of ether oxygens (including phenoxy) is 1. The van der Waals surface area contributed by atoms with Crippen molar-refractivity contribution in [3.8, 4) is 0 Å². The van der Waals surface area contributed by atoms with Crippen molar-refractivity contribution in [2.24, 2.45) is 5.92 Å². The molecule has 0 bridgehead atoms. The molecule has 1 unspecified atom stereocenters. The standard InChI is InChI=1S/C17H24FNOS/c1-4-6-12(2)10-20-11-13-16(9-19-3)21-15-8-5-7-14(18)17(13)15/h5,7-8,12,19H,4,6,9-11H2,1-3H3. The maximum atomic E-state index is 14.1. The molecule has 0 fully saturated rings. The van der Waals surface area contributed by atoms with Gasteiger partial charge in [-0.1, -0.05) is 26.3 Å². The molecule has 1 N–H and O–H groups in total. The van der Waals surface area contributed by atoms with Gasteiger partial charge < -0.3 is 10.1 Å². The van der Waals surface area contributed by atoms with Gasteiger partial charge >= 0.3 is 0 Å². The van der Waals surface area contributed by atoms with Gasteiger partial charge in [-0.25, -0.2) is 4.39 Å². The molecule has 0 aliphatic rings. The van der Waals surface area contributed by atoms with Crippen molar-refractivity contribution in [2.75, 3.05) is 13.7 Å². The maximum absolute atomic E-state index is 14.1. The zero-order valence-electron chi connectivity index (χ0n) is 13.0. The highest BCUT2D eigenvalue weighted by Gasteiger charge is 2.15. The van der Waals surface area contributed by atoms with Crippen molar-refractivity contribution < 1.29 is 9.13 Å². The lowest BCUT2D eigenvalue weighted by Gasteiger charge is -2.11. The summed E-state index contributed by atoms with van der Waals surface area (Å²) in [5, 5.41) is 3.89. The van der Waals surface area contributed by atoms with Crippen molar-refractivity contribution in [3.05, 3.63) is 34.5 Å². The van der Waals surface area contributed by atoms with Gasteiger partial charge in [-0.3, -0.25) is 0 Å². The highest BCUT2D eigenvalue weighted by molar-refractivity contribution is 7.19. The van der Waals surface area contributed by atoms with Gasteiger partial charge in [0, 0.05) is 33.7 Å². The Kier molecular flexibility index (Phi) is 6.15. The molecule has 2 rings (SSSR count). The SMILES string of the molecule is CCCC(C)COCc1c(CNC)sc2cccc(F)c12. The number of hydrogen-bond acceptors (Lipinski definition) is 3. The molecular formula is C17H24FNOS. The normalized spacial score (nSPS) is 13.0. The van der Waals surface area contributed by atoms with E-state index in [1.807, 2.05) is 13.1 Å². The van der Waals surface area contributed by atoms with Gasteiger partial charge in [-0.05, 0) is 31.5 Å². The molecule has 0 saturated carbocycles. The Hall–Kier alpha value is -0.970. The van der Waals surface area contributed by atoms with E-state index in [1.165, 1.54) is 23.8 Å². The highest BCUT2D eigenvalue weighted by atomic mass is 32.1. The Morgan fingerprint density at radius 2 is 2.19 bits per heavy atom. The van der Waals surface area contributed by atoms with E-state index in [-0.39, 0.29) is 5.82 Å². The number of nitrogens with one attached hydrogen (secondary N) is 1. The van der Waals surface area contributed by atoms with E-state index < -0.39 is 0 Å². The van der Waals surface area contributed by atoms with Crippen molar-refractivity contribution in [1.29, 1.82) is 0 Å². The van der Waals surface area contributed by atoms with E-state index in [0.29, 0.717) is 12.5 Å². The molecule has 1 aromatic carbocycles. The molecule has 0 saturated heterocycles. The second kappa shape index (κ2) is 7.87. The average Bonchev–Trinajstić information content (AvgIpc) is 2.79. The molecule has 4 heteroatoms. The summed E-state index contributed by atoms with van der Waals surface area (Å²) in [6.45, 7) is 6.36. The molecule has 0 aliphatic carbocycles. The van der Waals surface area contributed by atoms with Crippen LogP contribution in [0.3, 0.4) is 0 Å². The second-order valence-electron chi connectivity index (χ2n) is 5.56. The van der Waals surface area contributed by atoms with Crippen LogP contribution in [0.25, 0.3) is 10.1 Å². The van der Waals surface area contributed by atoms with Gasteiger partial charge in [-0.15, -0.1) is 11.3 Å². The first-order valence-corrected chi connectivity index (χ1v) is 8.40. The van der Waals surface area contributed by atoms with Crippen molar-refractivity contribution in [3.63, 3.8) is 0 Å². The third-order valence-electron chi connectivity index (χ3n) is 3.61. The molecule has 1 heterocycles. The Morgan fingerprint density at radius 3 is 2.90 bits per heavy atom. The number of halogens is 1. The first kappa shape index (κ1) is 16.4. The molecule has 0 radical (unpaired) electrons. The summed E-state index contributed by atoms with van der Waals surface area (Å²) in [6.07, 6.45) is 2.34. The highest BCUT2D eigenvalue weighted by Crippen LogP contribution is 2.33. The van der Waals surface area contributed by atoms with Crippen LogP contribution in [0.15, 0.2) is 18.2 Å². The van der Waals surface area contributed by atoms with Crippen LogP contribution < -0.4 is 5.32 Å². The van der Waals surface area contributed by atoms with Crippen LogP contribution in [0.4, 0.5) is 4.39 Å². The van der Waals surface area contributed by atoms with Gasteiger partial charge in [0.05, 0.1) is 6.61 Å². The van der Waals surface area contributed by atoms with Gasteiger partial charge in [0.2, 0.25) is 0 Å². The van der Waals surface area contributed by atoms with Crippen molar-refractivity contribution in [2.45, 2.75) is 39.8 Å². The zero-order valence-corrected chi connectivity index (χ0v) is 13.9. The maximum Gasteiger partial charge on any atom is 0.132 e. The Bertz CT molecular complexity index is 581. The predicted molar refractivity (Wildman–Crippen MR) is 88.3 cm³/mol. The third-order valence-corrected chi connectivity index (χ3v) is 4.81. The monoisotopic (exact) mass is 309 g/mol. The number of rotatable bonds is 8. The minimum atomic E-state index is -0.147. The molecule has 1 atom stereocenters. The van der Waals surface area contributed by atoms with E-state index in [4.69, 9.17) is 4.74 Å². The summed E-state index contributed by atoms with van der Waals surface area (Å²) in [7, 11) is 1.91. The summed E-state index contributed by atoms with van der Waals surface area (Å²) in [5.74, 6) is 0.406. The van der Waals surface area contributed by atoms with Crippen LogP contribution in [0.5, 0.6) is 0 Å². The minimum Gasteiger partial charge on any atom is -0.376 e. The average molecular weight is 309 g/mol. The molecule has 21 heavy (non-hydrogen) atoms. The molecule has 2 aromatic rings. The van der Waals surface area contributed by atoms with Gasteiger partial charge in [0.25, 0.3) is 0 Å². The third kappa shape index (κ3) is 4.02. The molecule has 0 spiro atoms. The number of thiophene rings is 1. The summed E-state index contributed by atoms with van der Waals surface area (Å²) in [5.41, 5.74) is 1.01. The molecule has 116 valence electrons. The fourth-order valence-electron chi connectivity index (χ4n) is 2.61. The summed E-state index contributed by atoms with van der Waals surface area (Å²) >= 11 is 1.65. The molecule has 1 aromatic heterocycles. The molecule has 0 aliphatic heterocycles. The number of benzene rings is 1. The second-order valence-corrected chi connectivity index (χ2v) is 6.69. The minimum absolute atomic E-state index is 0.147. The Labute approximate surface area is 130 Å². The first-order valence-electron chi connectivity index (χ1n) is 7.58. The van der Waals surface area contributed by atoms with Crippen LogP contribution >= 0.6 is 11.3 Å². The summed E-state index contributed by atoms with van der Waals surface area (Å²) in [4.78, 5) is 1.17. The van der Waals surface area contributed by atoms with E-state index in [9.17, 15) is 4.39 Å². The van der Waals surface area contributed by atoms with Crippen LogP contribution in [0.1, 0.15) is 37.1 Å². The lowest BCUT2D eigenvalue weighted by atomic mass is 10.1. The predicted octanol–water partition coefficient (Wildman–Crippen LogP) is 4.71. The Morgan fingerprint density at radius 1 is 1.38 bits per heavy atom. The Balaban J connectivity index is 2.18. The van der Waals surface area contributed by atoms with Crippen LogP contribution in [0, 0.1) is 11.7 Å². The lowest BCUT2D eigenvalue weighted by Crippen LogP contribution is -2.09. The van der Waals surface area contributed by atoms with Crippen LogP contribution in [-0.4, -0.2) is 13.7 Å². The van der Waals surface area contributed by atoms with Gasteiger partial charge in [0.1, 0.15) is 5.82 Å². The van der Waals surface area contributed by atoms with Crippen molar-refractivity contribution in [1.82, 2.24) is 5.32 Å². The molecular weight excluding hydrogens is 285 g/mol. The molecule has 2 nitrogen and oxygen atoms in total. The smallest absolute Gasteiger partial charge is 0.132 e. The topological polar surface area (TPSA) is 21.3 Å². The van der Waals surface area contributed by atoms with Crippen LogP contribution in [-0.2, 0) is 17.9 Å². The summed E-state index contributed by atoms with van der Waals surface area (Å²) in [6, 6.07) is 5.28. The quantitative estimate of drug-likeness (QED) is 0.762. The first-order chi connectivity index (χ1) is 10.2.